The minimum atomic E-state index is -0.243. The lowest BCUT2D eigenvalue weighted by molar-refractivity contribution is 0.0978. The Morgan fingerprint density at radius 3 is 2.90 bits per heavy atom. The molecule has 106 valence electrons. The van der Waals surface area contributed by atoms with Gasteiger partial charge in [0.2, 0.25) is 5.13 Å². The normalized spacial score (nSPS) is 10.8. The number of benzene rings is 1. The minimum absolute atomic E-state index is 0. The molecule has 1 aromatic carbocycles. The van der Waals surface area contributed by atoms with Gasteiger partial charge in [-0.05, 0) is 24.5 Å². The van der Waals surface area contributed by atoms with Crippen molar-refractivity contribution in [2.45, 2.75) is 0 Å². The summed E-state index contributed by atoms with van der Waals surface area (Å²) in [4.78, 5) is 20.3. The molecule has 1 heterocycles. The van der Waals surface area contributed by atoms with Crippen LogP contribution in [0.5, 0.6) is 0 Å². The van der Waals surface area contributed by atoms with Crippen molar-refractivity contribution >= 4 is 74.9 Å². The van der Waals surface area contributed by atoms with E-state index in [1.165, 1.54) is 23.1 Å². The maximum Gasteiger partial charge on any atom is 0.257 e. The standard InChI is InChI=1S/C12H10ClN3OS2.HI/c1-18-12(16-11-14-5-6-19-11)15-10(17)8-3-2-4-9(13)7-8;/h2-7H,1H3,(H,14,15,16,17);1H. The van der Waals surface area contributed by atoms with Gasteiger partial charge in [0.15, 0.2) is 5.17 Å². The molecule has 0 fully saturated rings. The second-order valence-corrected chi connectivity index (χ2v) is 5.50. The van der Waals surface area contributed by atoms with Gasteiger partial charge < -0.3 is 5.32 Å². The molecule has 0 saturated carbocycles. The van der Waals surface area contributed by atoms with E-state index in [9.17, 15) is 4.79 Å². The topological polar surface area (TPSA) is 54.4 Å². The number of hydrogen-bond acceptors (Lipinski definition) is 5. The fraction of sp³-hybridized carbons (Fsp3) is 0.0833. The average molecular weight is 440 g/mol. The van der Waals surface area contributed by atoms with Crippen molar-refractivity contribution in [3.8, 4) is 0 Å². The van der Waals surface area contributed by atoms with E-state index in [1.807, 2.05) is 11.6 Å². The van der Waals surface area contributed by atoms with Crippen LogP contribution in [0.1, 0.15) is 10.4 Å². The minimum Gasteiger partial charge on any atom is -0.301 e. The SMILES string of the molecule is CSC(=Nc1nccs1)NC(=O)c1cccc(Cl)c1.I. The first-order valence-electron chi connectivity index (χ1n) is 5.28. The molecule has 0 aliphatic rings. The van der Waals surface area contributed by atoms with Crippen molar-refractivity contribution < 1.29 is 4.79 Å². The number of nitrogens with zero attached hydrogens (tertiary/aromatic N) is 2. The van der Waals surface area contributed by atoms with Gasteiger partial charge in [-0.25, -0.2) is 4.98 Å². The molecule has 0 bridgehead atoms. The Labute approximate surface area is 147 Å². The van der Waals surface area contributed by atoms with Crippen molar-refractivity contribution in [1.82, 2.24) is 10.3 Å². The first-order valence-corrected chi connectivity index (χ1v) is 7.76. The average Bonchev–Trinajstić information content (AvgIpc) is 2.90. The summed E-state index contributed by atoms with van der Waals surface area (Å²) in [5.74, 6) is -0.243. The lowest BCUT2D eigenvalue weighted by atomic mass is 10.2. The number of amides is 1. The van der Waals surface area contributed by atoms with Crippen LogP contribution in [-0.4, -0.2) is 22.3 Å². The molecule has 0 aliphatic carbocycles. The fourth-order valence-electron chi connectivity index (χ4n) is 1.28. The summed E-state index contributed by atoms with van der Waals surface area (Å²) in [6.07, 6.45) is 3.50. The third-order valence-corrected chi connectivity index (χ3v) is 3.60. The summed E-state index contributed by atoms with van der Waals surface area (Å²) >= 11 is 8.61. The Kier molecular flexibility index (Phi) is 7.49. The van der Waals surface area contributed by atoms with Crippen LogP contribution >= 0.6 is 58.7 Å². The zero-order valence-corrected chi connectivity index (χ0v) is 15.1. The van der Waals surface area contributed by atoms with E-state index in [2.05, 4.69) is 15.3 Å². The summed E-state index contributed by atoms with van der Waals surface area (Å²) in [6.45, 7) is 0. The van der Waals surface area contributed by atoms with Crippen LogP contribution < -0.4 is 5.32 Å². The molecule has 0 radical (unpaired) electrons. The van der Waals surface area contributed by atoms with E-state index in [4.69, 9.17) is 11.6 Å². The van der Waals surface area contributed by atoms with E-state index in [1.54, 1.807) is 30.5 Å². The molecule has 0 unspecified atom stereocenters. The molecular formula is C12H11ClIN3OS2. The molecule has 20 heavy (non-hydrogen) atoms. The molecule has 1 N–H and O–H groups in total. The van der Waals surface area contributed by atoms with Crippen LogP contribution in [0.2, 0.25) is 5.02 Å². The molecule has 0 saturated heterocycles. The van der Waals surface area contributed by atoms with Crippen LogP contribution in [0.4, 0.5) is 5.13 Å². The van der Waals surface area contributed by atoms with Gasteiger partial charge in [-0.2, -0.15) is 4.99 Å². The van der Waals surface area contributed by atoms with Crippen molar-refractivity contribution in [3.05, 3.63) is 46.4 Å². The lowest BCUT2D eigenvalue weighted by Gasteiger charge is -2.05. The number of thiazole rings is 1. The number of rotatable bonds is 2. The van der Waals surface area contributed by atoms with Crippen LogP contribution in [0, 0.1) is 0 Å². The molecule has 1 aromatic heterocycles. The summed E-state index contributed by atoms with van der Waals surface area (Å²) in [6, 6.07) is 6.76. The highest BCUT2D eigenvalue weighted by Crippen LogP contribution is 2.17. The first kappa shape index (κ1) is 17.4. The number of aromatic nitrogens is 1. The third-order valence-electron chi connectivity index (χ3n) is 2.12. The Hall–Kier alpha value is -0.640. The van der Waals surface area contributed by atoms with Crippen LogP contribution in [0.25, 0.3) is 0 Å². The first-order chi connectivity index (χ1) is 9.19. The smallest absolute Gasteiger partial charge is 0.257 e. The summed E-state index contributed by atoms with van der Waals surface area (Å²) in [7, 11) is 0. The Morgan fingerprint density at radius 1 is 1.50 bits per heavy atom. The fourth-order valence-corrected chi connectivity index (χ4v) is 2.41. The van der Waals surface area contributed by atoms with Gasteiger partial charge in [0, 0.05) is 22.2 Å². The van der Waals surface area contributed by atoms with Gasteiger partial charge in [0.25, 0.3) is 5.91 Å². The van der Waals surface area contributed by atoms with Gasteiger partial charge in [0.1, 0.15) is 0 Å². The molecule has 2 rings (SSSR count). The molecule has 0 atom stereocenters. The molecule has 2 aromatic rings. The van der Waals surface area contributed by atoms with Gasteiger partial charge in [-0.1, -0.05) is 29.4 Å². The molecular weight excluding hydrogens is 429 g/mol. The molecule has 1 amide bonds. The number of carbonyl (C=O) groups is 1. The lowest BCUT2D eigenvalue weighted by Crippen LogP contribution is -2.28. The maximum absolute atomic E-state index is 12.0. The highest BCUT2D eigenvalue weighted by atomic mass is 127. The van der Waals surface area contributed by atoms with Crippen LogP contribution in [-0.2, 0) is 0 Å². The van der Waals surface area contributed by atoms with E-state index in [-0.39, 0.29) is 29.9 Å². The monoisotopic (exact) mass is 439 g/mol. The summed E-state index contributed by atoms with van der Waals surface area (Å²) in [5, 5.41) is 6.19. The molecule has 8 heteroatoms. The summed E-state index contributed by atoms with van der Waals surface area (Å²) < 4.78 is 0. The van der Waals surface area contributed by atoms with E-state index in [0.717, 1.165) is 0 Å². The number of aliphatic imine (C=N–C) groups is 1. The van der Waals surface area contributed by atoms with Gasteiger partial charge >= 0.3 is 0 Å². The second-order valence-electron chi connectivity index (χ2n) is 3.40. The predicted molar refractivity (Wildman–Crippen MR) is 97.1 cm³/mol. The van der Waals surface area contributed by atoms with Crippen molar-refractivity contribution in [1.29, 1.82) is 0 Å². The molecule has 0 aliphatic heterocycles. The van der Waals surface area contributed by atoms with Crippen LogP contribution in [0.15, 0.2) is 40.8 Å². The number of nitrogens with one attached hydrogen (secondary N) is 1. The van der Waals surface area contributed by atoms with E-state index >= 15 is 0 Å². The molecule has 4 nitrogen and oxygen atoms in total. The van der Waals surface area contributed by atoms with E-state index < -0.39 is 0 Å². The Bertz CT molecular complexity index is 605. The zero-order valence-electron chi connectivity index (χ0n) is 10.4. The number of halogens is 2. The van der Waals surface area contributed by atoms with Gasteiger partial charge in [-0.3, -0.25) is 4.79 Å². The molecule has 0 spiro atoms. The van der Waals surface area contributed by atoms with Crippen molar-refractivity contribution in [3.63, 3.8) is 0 Å². The summed E-state index contributed by atoms with van der Waals surface area (Å²) in [5.41, 5.74) is 0.494. The van der Waals surface area contributed by atoms with Gasteiger partial charge in [0.05, 0.1) is 0 Å². The number of carbonyl (C=O) groups excluding carboxylic acids is 1. The maximum atomic E-state index is 12.0. The highest BCUT2D eigenvalue weighted by molar-refractivity contribution is 14.0. The zero-order chi connectivity index (χ0) is 13.7. The number of amidine groups is 1. The Balaban J connectivity index is 0.00000200. The number of hydrogen-bond donors (Lipinski definition) is 1. The van der Waals surface area contributed by atoms with Crippen LogP contribution in [0.3, 0.4) is 0 Å². The largest absolute Gasteiger partial charge is 0.301 e. The number of thioether (sulfide) groups is 1. The second kappa shape index (κ2) is 8.60. The third kappa shape index (κ3) is 5.04. The van der Waals surface area contributed by atoms with Crippen molar-refractivity contribution in [2.24, 2.45) is 4.99 Å². The quantitative estimate of drug-likeness (QED) is 0.433. The van der Waals surface area contributed by atoms with Crippen molar-refractivity contribution in [2.75, 3.05) is 6.26 Å². The predicted octanol–water partition coefficient (Wildman–Crippen LogP) is 4.20. The highest BCUT2D eigenvalue weighted by Gasteiger charge is 2.09. The Morgan fingerprint density at radius 2 is 2.30 bits per heavy atom. The van der Waals surface area contributed by atoms with E-state index in [0.29, 0.717) is 20.9 Å². The van der Waals surface area contributed by atoms with Gasteiger partial charge in [-0.15, -0.1) is 35.3 Å².